The molecule has 168 valence electrons. The van der Waals surface area contributed by atoms with Crippen LogP contribution in [-0.2, 0) is 16.4 Å². The number of rotatable bonds is 7. The van der Waals surface area contributed by atoms with Crippen LogP contribution < -0.4 is 10.5 Å². The molecule has 9 nitrogen and oxygen atoms in total. The van der Waals surface area contributed by atoms with E-state index in [9.17, 15) is 13.5 Å². The summed E-state index contributed by atoms with van der Waals surface area (Å²) in [6.07, 6.45) is 2.19. The van der Waals surface area contributed by atoms with Crippen LogP contribution >= 0.6 is 12.4 Å². The van der Waals surface area contributed by atoms with Crippen molar-refractivity contribution in [3.63, 3.8) is 0 Å². The van der Waals surface area contributed by atoms with Crippen LogP contribution in [0.3, 0.4) is 0 Å². The first-order chi connectivity index (χ1) is 14.0. The van der Waals surface area contributed by atoms with Gasteiger partial charge in [-0.15, -0.1) is 12.4 Å². The Balaban J connectivity index is 0.00000341. The molecule has 0 aliphatic carbocycles. The zero-order chi connectivity index (χ0) is 22.1. The van der Waals surface area contributed by atoms with Gasteiger partial charge in [-0.1, -0.05) is 18.1 Å². The normalized spacial score (nSPS) is 11.9. The van der Waals surface area contributed by atoms with Gasteiger partial charge in [-0.3, -0.25) is 0 Å². The predicted molar refractivity (Wildman–Crippen MR) is 120 cm³/mol. The smallest absolute Gasteiger partial charge is 0.261 e. The minimum atomic E-state index is -3.81. The molecule has 0 aliphatic heterocycles. The first kappa shape index (κ1) is 24.7. The summed E-state index contributed by atoms with van der Waals surface area (Å²) in [6.45, 7) is 6.73. The van der Waals surface area contributed by atoms with Gasteiger partial charge in [0.2, 0.25) is 10.0 Å². The van der Waals surface area contributed by atoms with Crippen molar-refractivity contribution in [1.82, 2.24) is 19.8 Å². The lowest BCUT2D eigenvalue weighted by atomic mass is 10.0. The molecule has 2 aromatic heterocycles. The van der Waals surface area contributed by atoms with Crippen molar-refractivity contribution >= 4 is 28.2 Å². The van der Waals surface area contributed by atoms with Crippen molar-refractivity contribution in [2.75, 3.05) is 12.3 Å². The van der Waals surface area contributed by atoms with E-state index in [0.717, 1.165) is 5.56 Å². The highest BCUT2D eigenvalue weighted by molar-refractivity contribution is 7.89. The zero-order valence-corrected chi connectivity index (χ0v) is 19.3. The summed E-state index contributed by atoms with van der Waals surface area (Å²) in [6, 6.07) is 6.54. The SMILES string of the molecule is CCc1noc(-c2cc(-c3cc(S(=O)(=O)NCC(C)(C)O)ccc3C)cnc2N)n1.Cl. The van der Waals surface area contributed by atoms with E-state index >= 15 is 0 Å². The summed E-state index contributed by atoms with van der Waals surface area (Å²) in [5.41, 5.74) is 7.50. The topological polar surface area (TPSA) is 144 Å². The summed E-state index contributed by atoms with van der Waals surface area (Å²) >= 11 is 0. The first-order valence-corrected chi connectivity index (χ1v) is 10.9. The highest BCUT2D eigenvalue weighted by Gasteiger charge is 2.21. The first-order valence-electron chi connectivity index (χ1n) is 9.42. The average molecular weight is 468 g/mol. The fourth-order valence-electron chi connectivity index (χ4n) is 2.74. The van der Waals surface area contributed by atoms with Crippen LogP contribution in [0.25, 0.3) is 22.6 Å². The number of pyridine rings is 1. The molecule has 4 N–H and O–H groups in total. The van der Waals surface area contributed by atoms with Gasteiger partial charge in [0.25, 0.3) is 5.89 Å². The third-order valence-corrected chi connectivity index (χ3v) is 5.86. The molecule has 3 aromatic rings. The Labute approximate surface area is 187 Å². The highest BCUT2D eigenvalue weighted by Crippen LogP contribution is 2.31. The van der Waals surface area contributed by atoms with Gasteiger partial charge in [0, 0.05) is 24.7 Å². The lowest BCUT2D eigenvalue weighted by molar-refractivity contribution is 0.0857. The number of benzene rings is 1. The number of hydrogen-bond donors (Lipinski definition) is 3. The van der Waals surface area contributed by atoms with E-state index < -0.39 is 15.6 Å². The molecule has 0 bridgehead atoms. The highest BCUT2D eigenvalue weighted by atomic mass is 35.5. The number of hydrogen-bond acceptors (Lipinski definition) is 8. The molecule has 0 radical (unpaired) electrons. The van der Waals surface area contributed by atoms with E-state index in [1.807, 2.05) is 13.8 Å². The Kier molecular flexibility index (Phi) is 7.43. The summed E-state index contributed by atoms with van der Waals surface area (Å²) in [4.78, 5) is 8.59. The van der Waals surface area contributed by atoms with E-state index in [4.69, 9.17) is 10.3 Å². The fourth-order valence-corrected chi connectivity index (χ4v) is 3.97. The molecule has 0 fully saturated rings. The lowest BCUT2D eigenvalue weighted by Gasteiger charge is -2.18. The Bertz CT molecular complexity index is 1170. The van der Waals surface area contributed by atoms with Gasteiger partial charge in [0.05, 0.1) is 16.1 Å². The van der Waals surface area contributed by atoms with E-state index in [1.165, 1.54) is 19.9 Å². The second kappa shape index (κ2) is 9.31. The number of nitrogens with two attached hydrogens (primary N) is 1. The van der Waals surface area contributed by atoms with Crippen LogP contribution in [0.4, 0.5) is 5.82 Å². The van der Waals surface area contributed by atoms with Gasteiger partial charge >= 0.3 is 0 Å². The molecule has 0 spiro atoms. The molecule has 2 heterocycles. The maximum absolute atomic E-state index is 12.7. The number of aliphatic hydroxyl groups is 1. The summed E-state index contributed by atoms with van der Waals surface area (Å²) in [5, 5.41) is 13.7. The number of nitrogen functional groups attached to an aromatic ring is 1. The Morgan fingerprint density at radius 1 is 1.23 bits per heavy atom. The van der Waals surface area contributed by atoms with Crippen molar-refractivity contribution in [3.05, 3.63) is 41.9 Å². The average Bonchev–Trinajstić information content (AvgIpc) is 3.16. The maximum atomic E-state index is 12.7. The van der Waals surface area contributed by atoms with Crippen LogP contribution in [0.15, 0.2) is 39.9 Å². The molecule has 3 rings (SSSR count). The number of aromatic nitrogens is 3. The van der Waals surface area contributed by atoms with E-state index in [1.54, 1.807) is 24.4 Å². The van der Waals surface area contributed by atoms with Crippen LogP contribution in [0, 0.1) is 6.92 Å². The van der Waals surface area contributed by atoms with Gasteiger partial charge in [0.1, 0.15) is 5.82 Å². The third-order valence-electron chi connectivity index (χ3n) is 4.46. The molecule has 0 aliphatic rings. The number of nitrogens with one attached hydrogen (secondary N) is 1. The molecule has 0 saturated carbocycles. The summed E-state index contributed by atoms with van der Waals surface area (Å²) in [5.74, 6) is 1.04. The van der Waals surface area contributed by atoms with Crippen molar-refractivity contribution in [2.24, 2.45) is 0 Å². The lowest BCUT2D eigenvalue weighted by Crippen LogP contribution is -2.38. The number of sulfonamides is 1. The van der Waals surface area contributed by atoms with Gasteiger partial charge in [-0.05, 0) is 50.1 Å². The third kappa shape index (κ3) is 5.79. The Hall–Kier alpha value is -2.53. The zero-order valence-electron chi connectivity index (χ0n) is 17.7. The number of halogens is 1. The number of anilines is 1. The number of nitrogens with zero attached hydrogens (tertiary/aromatic N) is 3. The quantitative estimate of drug-likeness (QED) is 0.481. The van der Waals surface area contributed by atoms with Crippen molar-refractivity contribution in [1.29, 1.82) is 0 Å². The molecule has 11 heteroatoms. The predicted octanol–water partition coefficient (Wildman–Crippen LogP) is 2.72. The molecule has 0 atom stereocenters. The van der Waals surface area contributed by atoms with Gasteiger partial charge < -0.3 is 15.4 Å². The van der Waals surface area contributed by atoms with E-state index in [-0.39, 0.29) is 35.6 Å². The summed E-state index contributed by atoms with van der Waals surface area (Å²) < 4.78 is 33.0. The minimum absolute atomic E-state index is 0. The van der Waals surface area contributed by atoms with Crippen molar-refractivity contribution < 1.29 is 18.0 Å². The van der Waals surface area contributed by atoms with Crippen molar-refractivity contribution in [2.45, 2.75) is 44.6 Å². The molecular weight excluding hydrogens is 442 g/mol. The number of aryl methyl sites for hydroxylation is 2. The molecular formula is C20H26ClN5O4S. The van der Waals surface area contributed by atoms with Crippen LogP contribution in [-0.4, -0.2) is 40.8 Å². The second-order valence-corrected chi connectivity index (χ2v) is 9.41. The minimum Gasteiger partial charge on any atom is -0.389 e. The Morgan fingerprint density at radius 3 is 2.55 bits per heavy atom. The van der Waals surface area contributed by atoms with Crippen LogP contribution in [0.5, 0.6) is 0 Å². The van der Waals surface area contributed by atoms with Gasteiger partial charge in [-0.25, -0.2) is 18.1 Å². The van der Waals surface area contributed by atoms with E-state index in [0.29, 0.717) is 28.9 Å². The standard InChI is InChI=1S/C20H25N5O4S.ClH/c1-5-17-24-19(29-25-17)16-8-13(10-22-18(16)21)15-9-14(7-6-12(15)2)30(27,28)23-11-20(3,4)26;/h6-10,23,26H,5,11H2,1-4H3,(H2,21,22);1H. The Morgan fingerprint density at radius 2 is 1.94 bits per heavy atom. The fraction of sp³-hybridized carbons (Fsp3) is 0.350. The van der Waals surface area contributed by atoms with Gasteiger partial charge in [-0.2, -0.15) is 4.98 Å². The largest absolute Gasteiger partial charge is 0.389 e. The molecule has 0 amide bonds. The van der Waals surface area contributed by atoms with Crippen LogP contribution in [0.2, 0.25) is 0 Å². The van der Waals surface area contributed by atoms with Crippen molar-refractivity contribution in [3.8, 4) is 22.6 Å². The molecule has 31 heavy (non-hydrogen) atoms. The van der Waals surface area contributed by atoms with Gasteiger partial charge in [0.15, 0.2) is 5.82 Å². The molecule has 1 aromatic carbocycles. The maximum Gasteiger partial charge on any atom is 0.261 e. The molecule has 0 saturated heterocycles. The van der Waals surface area contributed by atoms with Crippen LogP contribution in [0.1, 0.15) is 32.2 Å². The molecule has 0 unspecified atom stereocenters. The summed E-state index contributed by atoms with van der Waals surface area (Å²) in [7, 11) is -3.81. The van der Waals surface area contributed by atoms with E-state index in [2.05, 4.69) is 19.8 Å². The monoisotopic (exact) mass is 467 g/mol. The second-order valence-electron chi connectivity index (χ2n) is 7.64.